The van der Waals surface area contributed by atoms with Gasteiger partial charge in [-0.15, -0.1) is 22.7 Å². The van der Waals surface area contributed by atoms with Crippen LogP contribution in [-0.4, -0.2) is 23.1 Å². The highest BCUT2D eigenvalue weighted by Crippen LogP contribution is 2.21. The van der Waals surface area contributed by atoms with Crippen LogP contribution in [0.15, 0.2) is 83.0 Å². The molecule has 0 saturated heterocycles. The lowest BCUT2D eigenvalue weighted by molar-refractivity contribution is -0.135. The maximum Gasteiger partial charge on any atom is 0.333 e. The standard InChI is InChI=1S/C27H24N2O4S2/c1-2-33-25(31)17-24-29(27(32)22(35-24)16-21-14-9-15-34-21)18-23(30)28-26(19-10-5-3-6-11-19)20-12-7-4-8-13-20/h3-17,26H,2,18H2,1H3,(H,28,30). The van der Waals surface area contributed by atoms with Gasteiger partial charge in [0.1, 0.15) is 11.2 Å². The van der Waals surface area contributed by atoms with Crippen molar-refractivity contribution in [2.75, 3.05) is 6.61 Å². The van der Waals surface area contributed by atoms with Gasteiger partial charge in [0.15, 0.2) is 0 Å². The Hall–Kier alpha value is -3.75. The predicted molar refractivity (Wildman–Crippen MR) is 140 cm³/mol. The van der Waals surface area contributed by atoms with Crippen LogP contribution in [0, 0.1) is 0 Å². The molecule has 0 atom stereocenters. The molecule has 4 aromatic rings. The Morgan fingerprint density at radius 1 is 1.00 bits per heavy atom. The van der Waals surface area contributed by atoms with Crippen LogP contribution in [0.3, 0.4) is 0 Å². The molecule has 178 valence electrons. The van der Waals surface area contributed by atoms with Crippen molar-refractivity contribution < 1.29 is 14.3 Å². The smallest absolute Gasteiger partial charge is 0.333 e. The largest absolute Gasteiger partial charge is 0.463 e. The van der Waals surface area contributed by atoms with Gasteiger partial charge in [0.05, 0.1) is 23.3 Å². The molecule has 0 radical (unpaired) electrons. The Balaban J connectivity index is 1.69. The Kier molecular flexibility index (Phi) is 8.07. The van der Waals surface area contributed by atoms with Crippen LogP contribution >= 0.6 is 22.7 Å². The number of nitrogens with zero attached hydrogens (tertiary/aromatic N) is 1. The zero-order chi connectivity index (χ0) is 24.6. The lowest BCUT2D eigenvalue weighted by Crippen LogP contribution is -2.39. The maximum absolute atomic E-state index is 13.2. The number of thiazole rings is 1. The molecule has 0 fully saturated rings. The number of carbonyl (C=O) groups is 2. The van der Waals surface area contributed by atoms with Gasteiger partial charge in [-0.25, -0.2) is 4.79 Å². The molecule has 0 unspecified atom stereocenters. The molecular weight excluding hydrogens is 480 g/mol. The van der Waals surface area contributed by atoms with Gasteiger partial charge < -0.3 is 10.1 Å². The monoisotopic (exact) mass is 504 g/mol. The number of thiophene rings is 1. The molecule has 0 aliphatic carbocycles. The minimum absolute atomic E-state index is 0.218. The van der Waals surface area contributed by atoms with E-state index in [1.807, 2.05) is 78.2 Å². The third-order valence-corrected chi connectivity index (χ3v) is 7.03. The molecule has 35 heavy (non-hydrogen) atoms. The second-order valence-corrected chi connectivity index (χ2v) is 9.62. The number of rotatable bonds is 8. The molecule has 1 N–H and O–H groups in total. The molecule has 4 rings (SSSR count). The summed E-state index contributed by atoms with van der Waals surface area (Å²) in [7, 11) is 0. The van der Waals surface area contributed by atoms with E-state index < -0.39 is 5.97 Å². The number of nitrogens with one attached hydrogen (secondary N) is 1. The summed E-state index contributed by atoms with van der Waals surface area (Å²) < 4.78 is 7.16. The molecule has 0 aliphatic rings. The maximum atomic E-state index is 13.2. The molecule has 0 aliphatic heterocycles. The Morgan fingerprint density at radius 3 is 2.23 bits per heavy atom. The lowest BCUT2D eigenvalue weighted by atomic mass is 9.99. The van der Waals surface area contributed by atoms with Gasteiger partial charge in [-0.1, -0.05) is 66.7 Å². The average Bonchev–Trinajstić information content (AvgIpc) is 3.48. The first-order chi connectivity index (χ1) is 17.0. The van der Waals surface area contributed by atoms with Crippen molar-refractivity contribution in [1.29, 1.82) is 0 Å². The Labute approximate surface area is 210 Å². The van der Waals surface area contributed by atoms with E-state index in [1.165, 1.54) is 22.0 Å². The lowest BCUT2D eigenvalue weighted by Gasteiger charge is -2.20. The highest BCUT2D eigenvalue weighted by molar-refractivity contribution is 7.11. The van der Waals surface area contributed by atoms with Crippen molar-refractivity contribution in [3.05, 3.63) is 114 Å². The van der Waals surface area contributed by atoms with E-state index in [1.54, 1.807) is 13.0 Å². The number of carbonyl (C=O) groups excluding carboxylic acids is 2. The third kappa shape index (κ3) is 6.23. The molecule has 8 heteroatoms. The van der Waals surface area contributed by atoms with Crippen LogP contribution in [0.25, 0.3) is 12.2 Å². The van der Waals surface area contributed by atoms with Crippen molar-refractivity contribution in [1.82, 2.24) is 9.88 Å². The minimum atomic E-state index is -0.558. The summed E-state index contributed by atoms with van der Waals surface area (Å²) in [6.45, 7) is 1.70. The summed E-state index contributed by atoms with van der Waals surface area (Å²) >= 11 is 2.66. The fraction of sp³-hybridized carbons (Fsp3) is 0.148. The van der Waals surface area contributed by atoms with Gasteiger partial charge in [-0.05, 0) is 35.6 Å². The number of amides is 1. The summed E-state index contributed by atoms with van der Waals surface area (Å²) in [5, 5.41) is 4.97. The zero-order valence-corrected chi connectivity index (χ0v) is 20.7. The van der Waals surface area contributed by atoms with E-state index in [0.29, 0.717) is 9.20 Å². The number of hydrogen-bond acceptors (Lipinski definition) is 6. The van der Waals surface area contributed by atoms with Crippen molar-refractivity contribution in [3.63, 3.8) is 0 Å². The van der Waals surface area contributed by atoms with Crippen molar-refractivity contribution in [2.45, 2.75) is 19.5 Å². The molecule has 2 heterocycles. The van der Waals surface area contributed by atoms with Crippen molar-refractivity contribution in [2.24, 2.45) is 0 Å². The van der Waals surface area contributed by atoms with E-state index >= 15 is 0 Å². The van der Waals surface area contributed by atoms with Crippen LogP contribution in [0.1, 0.15) is 29.0 Å². The van der Waals surface area contributed by atoms with Gasteiger partial charge in [-0.2, -0.15) is 0 Å². The molecule has 6 nitrogen and oxygen atoms in total. The first-order valence-corrected chi connectivity index (χ1v) is 12.8. The summed E-state index contributed by atoms with van der Waals surface area (Å²) in [5.41, 5.74) is 1.52. The zero-order valence-electron chi connectivity index (χ0n) is 19.0. The Morgan fingerprint density at radius 2 is 1.66 bits per heavy atom. The Bertz CT molecular complexity index is 1420. The highest BCUT2D eigenvalue weighted by Gasteiger charge is 2.18. The molecular formula is C27H24N2O4S2. The quantitative estimate of drug-likeness (QED) is 0.374. The topological polar surface area (TPSA) is 77.4 Å². The molecule has 0 bridgehead atoms. The first kappa shape index (κ1) is 24.4. The number of benzene rings is 2. The van der Waals surface area contributed by atoms with E-state index in [4.69, 9.17) is 4.74 Å². The van der Waals surface area contributed by atoms with Gasteiger partial charge in [-0.3, -0.25) is 14.2 Å². The van der Waals surface area contributed by atoms with Crippen LogP contribution < -0.4 is 20.1 Å². The molecule has 1 amide bonds. The average molecular weight is 505 g/mol. The van der Waals surface area contributed by atoms with E-state index in [9.17, 15) is 14.4 Å². The summed E-state index contributed by atoms with van der Waals surface area (Å²) in [5.74, 6) is -0.902. The fourth-order valence-corrected chi connectivity index (χ4v) is 5.33. The van der Waals surface area contributed by atoms with E-state index in [0.717, 1.165) is 27.3 Å². The summed E-state index contributed by atoms with van der Waals surface area (Å²) in [6, 6.07) is 22.7. The number of hydrogen-bond donors (Lipinski definition) is 1. The fourth-order valence-electron chi connectivity index (χ4n) is 3.58. The van der Waals surface area contributed by atoms with E-state index in [-0.39, 0.29) is 30.7 Å². The SMILES string of the molecule is CCOC(=O)C=c1sc(=Cc2cccs2)c(=O)n1CC(=O)NC(c1ccccc1)c1ccccc1. The van der Waals surface area contributed by atoms with Gasteiger partial charge in [0.25, 0.3) is 5.56 Å². The van der Waals surface area contributed by atoms with Crippen molar-refractivity contribution >= 4 is 46.7 Å². The van der Waals surface area contributed by atoms with Crippen molar-refractivity contribution in [3.8, 4) is 0 Å². The first-order valence-electron chi connectivity index (χ1n) is 11.1. The van der Waals surface area contributed by atoms with Crippen LogP contribution in [0.4, 0.5) is 0 Å². The summed E-state index contributed by atoms with van der Waals surface area (Å²) in [6.07, 6.45) is 3.03. The predicted octanol–water partition coefficient (Wildman–Crippen LogP) is 3.05. The molecule has 2 aromatic heterocycles. The van der Waals surface area contributed by atoms with Crippen LogP contribution in [0.2, 0.25) is 0 Å². The normalized spacial score (nSPS) is 12.2. The number of esters is 1. The second-order valence-electron chi connectivity index (χ2n) is 7.57. The van der Waals surface area contributed by atoms with Gasteiger partial charge in [0, 0.05) is 4.88 Å². The number of aromatic nitrogens is 1. The molecule has 0 saturated carbocycles. The molecule has 0 spiro atoms. The van der Waals surface area contributed by atoms with Gasteiger partial charge >= 0.3 is 5.97 Å². The minimum Gasteiger partial charge on any atom is -0.463 e. The van der Waals surface area contributed by atoms with Crippen LogP contribution in [-0.2, 0) is 20.9 Å². The van der Waals surface area contributed by atoms with E-state index in [2.05, 4.69) is 5.32 Å². The number of ether oxygens (including phenoxy) is 1. The highest BCUT2D eigenvalue weighted by atomic mass is 32.1. The third-order valence-electron chi connectivity index (χ3n) is 5.15. The second kappa shape index (κ2) is 11.6. The molecule has 2 aromatic carbocycles. The summed E-state index contributed by atoms with van der Waals surface area (Å²) in [4.78, 5) is 39.5. The van der Waals surface area contributed by atoms with Crippen LogP contribution in [0.5, 0.6) is 0 Å². The van der Waals surface area contributed by atoms with Gasteiger partial charge in [0.2, 0.25) is 5.91 Å².